The van der Waals surface area contributed by atoms with E-state index >= 15 is 0 Å². The summed E-state index contributed by atoms with van der Waals surface area (Å²) in [6.45, 7) is 7.53. The van der Waals surface area contributed by atoms with Crippen LogP contribution in [0.3, 0.4) is 0 Å². The number of rotatable bonds is 9. The first-order chi connectivity index (χ1) is 10.1. The number of amides is 1. The van der Waals surface area contributed by atoms with Crippen LogP contribution in [0.5, 0.6) is 0 Å². The van der Waals surface area contributed by atoms with E-state index in [1.807, 2.05) is 17.0 Å². The minimum absolute atomic E-state index is 0.0559. The summed E-state index contributed by atoms with van der Waals surface area (Å²) >= 11 is 0. The fourth-order valence-electron chi connectivity index (χ4n) is 2.20. The van der Waals surface area contributed by atoms with Crippen LogP contribution in [-0.2, 0) is 11.2 Å². The highest BCUT2D eigenvalue weighted by Crippen LogP contribution is 2.09. The first kappa shape index (κ1) is 17.4. The molecule has 0 aliphatic carbocycles. The van der Waals surface area contributed by atoms with Gasteiger partial charge in [0.1, 0.15) is 0 Å². The van der Waals surface area contributed by atoms with Gasteiger partial charge in [-0.3, -0.25) is 9.59 Å². The molecule has 21 heavy (non-hydrogen) atoms. The van der Waals surface area contributed by atoms with Crippen LogP contribution < -0.4 is 0 Å². The number of Topliss-reactive ketones (excluding diaryl/α,β-unsaturated/α-hetero) is 1. The number of hydrogen-bond acceptors (Lipinski definition) is 2. The molecule has 0 saturated carbocycles. The van der Waals surface area contributed by atoms with Crippen molar-refractivity contribution in [1.29, 1.82) is 0 Å². The molecule has 0 atom stereocenters. The Morgan fingerprint density at radius 3 is 1.90 bits per heavy atom. The van der Waals surface area contributed by atoms with Crippen LogP contribution in [0.2, 0.25) is 0 Å². The molecule has 0 aliphatic heterocycles. The van der Waals surface area contributed by atoms with E-state index in [0.29, 0.717) is 12.0 Å². The highest BCUT2D eigenvalue weighted by molar-refractivity contribution is 5.94. The Hall–Kier alpha value is -1.64. The lowest BCUT2D eigenvalue weighted by atomic mass is 10.1. The number of ketones is 1. The van der Waals surface area contributed by atoms with Crippen LogP contribution in [0, 0.1) is 0 Å². The Labute approximate surface area is 128 Å². The molecule has 0 spiro atoms. The zero-order valence-electron chi connectivity index (χ0n) is 13.5. The van der Waals surface area contributed by atoms with E-state index in [1.54, 1.807) is 19.1 Å². The second kappa shape index (κ2) is 9.32. The molecule has 1 amide bonds. The third-order valence-corrected chi connectivity index (χ3v) is 3.63. The van der Waals surface area contributed by atoms with Gasteiger partial charge in [-0.1, -0.05) is 51.0 Å². The van der Waals surface area contributed by atoms with Crippen molar-refractivity contribution in [2.24, 2.45) is 0 Å². The van der Waals surface area contributed by atoms with E-state index in [2.05, 4.69) is 13.8 Å². The average Bonchev–Trinajstić information content (AvgIpc) is 2.47. The van der Waals surface area contributed by atoms with Gasteiger partial charge >= 0.3 is 0 Å². The number of hydrogen-bond donors (Lipinski definition) is 0. The predicted octanol–water partition coefficient (Wildman–Crippen LogP) is 3.86. The van der Waals surface area contributed by atoms with Gasteiger partial charge in [0, 0.05) is 18.7 Å². The number of unbranched alkanes of at least 4 members (excludes halogenated alkanes) is 2. The van der Waals surface area contributed by atoms with Crippen molar-refractivity contribution in [2.75, 3.05) is 13.1 Å². The van der Waals surface area contributed by atoms with Crippen molar-refractivity contribution in [2.45, 2.75) is 52.9 Å². The monoisotopic (exact) mass is 289 g/mol. The van der Waals surface area contributed by atoms with Gasteiger partial charge in [-0.2, -0.15) is 0 Å². The van der Waals surface area contributed by atoms with Crippen LogP contribution >= 0.6 is 0 Å². The number of carbonyl (C=O) groups excluding carboxylic acids is 2. The fourth-order valence-corrected chi connectivity index (χ4v) is 2.20. The SMILES string of the molecule is CCCCN(CCCC)C(=O)Cc1ccc(C(C)=O)cc1. The van der Waals surface area contributed by atoms with Crippen molar-refractivity contribution in [3.8, 4) is 0 Å². The smallest absolute Gasteiger partial charge is 0.226 e. The molecule has 0 bridgehead atoms. The normalized spacial score (nSPS) is 10.4. The molecule has 1 rings (SSSR count). The van der Waals surface area contributed by atoms with Gasteiger partial charge in [0.05, 0.1) is 6.42 Å². The summed E-state index contributed by atoms with van der Waals surface area (Å²) < 4.78 is 0. The topological polar surface area (TPSA) is 37.4 Å². The first-order valence-corrected chi connectivity index (χ1v) is 7.96. The zero-order chi connectivity index (χ0) is 15.7. The molecule has 0 heterocycles. The maximum absolute atomic E-state index is 12.4. The molecule has 1 aromatic carbocycles. The molecule has 0 aromatic heterocycles. The molecule has 0 fully saturated rings. The van der Waals surface area contributed by atoms with Gasteiger partial charge in [0.2, 0.25) is 5.91 Å². The lowest BCUT2D eigenvalue weighted by Gasteiger charge is -2.22. The van der Waals surface area contributed by atoms with E-state index in [4.69, 9.17) is 0 Å². The van der Waals surface area contributed by atoms with Gasteiger partial charge in [0.15, 0.2) is 5.78 Å². The highest BCUT2D eigenvalue weighted by Gasteiger charge is 2.13. The molecule has 0 radical (unpaired) electrons. The minimum Gasteiger partial charge on any atom is -0.342 e. The zero-order valence-corrected chi connectivity index (χ0v) is 13.5. The van der Waals surface area contributed by atoms with Gasteiger partial charge < -0.3 is 4.90 Å². The second-order valence-corrected chi connectivity index (χ2v) is 5.52. The van der Waals surface area contributed by atoms with Crippen LogP contribution in [0.25, 0.3) is 0 Å². The van der Waals surface area contributed by atoms with Crippen LogP contribution in [-0.4, -0.2) is 29.7 Å². The highest BCUT2D eigenvalue weighted by atomic mass is 16.2. The summed E-state index contributed by atoms with van der Waals surface area (Å²) in [5, 5.41) is 0. The summed E-state index contributed by atoms with van der Waals surface area (Å²) in [7, 11) is 0. The summed E-state index contributed by atoms with van der Waals surface area (Å²) in [5.41, 5.74) is 1.67. The Balaban J connectivity index is 2.64. The molecule has 116 valence electrons. The fraction of sp³-hybridized carbons (Fsp3) is 0.556. The minimum atomic E-state index is 0.0559. The summed E-state index contributed by atoms with van der Waals surface area (Å²) in [6, 6.07) is 7.36. The Bertz CT molecular complexity index is 443. The van der Waals surface area contributed by atoms with E-state index in [1.165, 1.54) is 0 Å². The third kappa shape index (κ3) is 6.11. The molecule has 0 unspecified atom stereocenters. The van der Waals surface area contributed by atoms with Crippen molar-refractivity contribution < 1.29 is 9.59 Å². The van der Waals surface area contributed by atoms with Crippen molar-refractivity contribution >= 4 is 11.7 Å². The lowest BCUT2D eigenvalue weighted by molar-refractivity contribution is -0.130. The van der Waals surface area contributed by atoms with E-state index < -0.39 is 0 Å². The van der Waals surface area contributed by atoms with Crippen LogP contribution in [0.15, 0.2) is 24.3 Å². The third-order valence-electron chi connectivity index (χ3n) is 3.63. The molecule has 0 N–H and O–H groups in total. The Kier molecular flexibility index (Phi) is 7.73. The average molecular weight is 289 g/mol. The maximum Gasteiger partial charge on any atom is 0.226 e. The van der Waals surface area contributed by atoms with Gasteiger partial charge in [-0.15, -0.1) is 0 Å². The predicted molar refractivity (Wildman–Crippen MR) is 86.5 cm³/mol. The molecule has 3 heteroatoms. The number of carbonyl (C=O) groups is 2. The quantitative estimate of drug-likeness (QED) is 0.647. The molecular formula is C18H27NO2. The second-order valence-electron chi connectivity index (χ2n) is 5.52. The maximum atomic E-state index is 12.4. The number of benzene rings is 1. The van der Waals surface area contributed by atoms with E-state index in [0.717, 1.165) is 44.3 Å². The first-order valence-electron chi connectivity index (χ1n) is 7.96. The van der Waals surface area contributed by atoms with Crippen molar-refractivity contribution in [3.05, 3.63) is 35.4 Å². The molecule has 1 aromatic rings. The molecular weight excluding hydrogens is 262 g/mol. The van der Waals surface area contributed by atoms with Gasteiger partial charge in [0.25, 0.3) is 0 Å². The molecule has 3 nitrogen and oxygen atoms in total. The lowest BCUT2D eigenvalue weighted by Crippen LogP contribution is -2.34. The van der Waals surface area contributed by atoms with Gasteiger partial charge in [-0.05, 0) is 25.3 Å². The van der Waals surface area contributed by atoms with Crippen molar-refractivity contribution in [3.63, 3.8) is 0 Å². The van der Waals surface area contributed by atoms with Gasteiger partial charge in [-0.25, -0.2) is 0 Å². The Morgan fingerprint density at radius 1 is 0.952 bits per heavy atom. The summed E-state index contributed by atoms with van der Waals surface area (Å²) in [4.78, 5) is 25.6. The van der Waals surface area contributed by atoms with Crippen LogP contribution in [0.4, 0.5) is 0 Å². The molecule has 0 aliphatic rings. The van der Waals surface area contributed by atoms with Crippen molar-refractivity contribution in [1.82, 2.24) is 4.90 Å². The standard InChI is InChI=1S/C18H27NO2/c1-4-6-12-19(13-7-5-2)18(21)14-16-8-10-17(11-9-16)15(3)20/h8-11H,4-7,12-14H2,1-3H3. The summed E-state index contributed by atoms with van der Waals surface area (Å²) in [5.74, 6) is 0.243. The Morgan fingerprint density at radius 2 is 1.48 bits per heavy atom. The number of nitrogens with zero attached hydrogens (tertiary/aromatic N) is 1. The van der Waals surface area contributed by atoms with E-state index in [9.17, 15) is 9.59 Å². The van der Waals surface area contributed by atoms with E-state index in [-0.39, 0.29) is 11.7 Å². The van der Waals surface area contributed by atoms with Crippen LogP contribution in [0.1, 0.15) is 62.4 Å². The largest absolute Gasteiger partial charge is 0.342 e. The molecule has 0 saturated heterocycles. The summed E-state index contributed by atoms with van der Waals surface area (Å²) in [6.07, 6.45) is 4.73.